The molecule has 1 aliphatic rings. The summed E-state index contributed by atoms with van der Waals surface area (Å²) >= 11 is 5.81. The van der Waals surface area contributed by atoms with Crippen molar-refractivity contribution in [2.24, 2.45) is 0 Å². The number of aromatic amines is 1. The number of nitrogens with zero attached hydrogens (tertiary/aromatic N) is 3. The van der Waals surface area contributed by atoms with Gasteiger partial charge in [-0.25, -0.2) is 4.98 Å². The molecule has 0 amide bonds. The summed E-state index contributed by atoms with van der Waals surface area (Å²) in [5.41, 5.74) is 0.948. The Kier molecular flexibility index (Phi) is 1.85. The molecule has 3 rings (SSSR count). The Morgan fingerprint density at radius 1 is 1.60 bits per heavy atom. The highest BCUT2D eigenvalue weighted by Crippen LogP contribution is 2.30. The van der Waals surface area contributed by atoms with E-state index < -0.39 is 0 Å². The molecule has 1 atom stereocenters. The predicted octanol–water partition coefficient (Wildman–Crippen LogP) is 2.21. The number of H-pyrrole nitrogens is 1. The van der Waals surface area contributed by atoms with E-state index in [0.29, 0.717) is 11.2 Å². The van der Waals surface area contributed by atoms with Gasteiger partial charge in [0.2, 0.25) is 0 Å². The van der Waals surface area contributed by atoms with Crippen molar-refractivity contribution < 1.29 is 0 Å². The van der Waals surface area contributed by atoms with Gasteiger partial charge in [-0.2, -0.15) is 5.10 Å². The van der Waals surface area contributed by atoms with Crippen molar-refractivity contribution in [2.75, 3.05) is 11.4 Å². The number of rotatable bonds is 1. The Morgan fingerprint density at radius 3 is 3.13 bits per heavy atom. The van der Waals surface area contributed by atoms with Crippen molar-refractivity contribution in [2.45, 2.75) is 19.4 Å². The summed E-state index contributed by atoms with van der Waals surface area (Å²) in [5.74, 6) is 0.993. The molecule has 3 heterocycles. The number of aromatic nitrogens is 3. The Bertz CT molecular complexity index is 507. The molecule has 5 heteroatoms. The van der Waals surface area contributed by atoms with Crippen molar-refractivity contribution in [3.8, 4) is 0 Å². The van der Waals surface area contributed by atoms with E-state index in [2.05, 4.69) is 27.0 Å². The fourth-order valence-corrected chi connectivity index (χ4v) is 2.08. The molecule has 0 spiro atoms. The van der Waals surface area contributed by atoms with Crippen molar-refractivity contribution in [1.82, 2.24) is 15.2 Å². The van der Waals surface area contributed by atoms with E-state index in [1.807, 2.05) is 0 Å². The lowest BCUT2D eigenvalue weighted by molar-refractivity contribution is 0.477. The Morgan fingerprint density at radius 2 is 2.47 bits per heavy atom. The van der Waals surface area contributed by atoms with Crippen LogP contribution in [0.5, 0.6) is 0 Å². The van der Waals surface area contributed by atoms with Crippen molar-refractivity contribution >= 4 is 28.3 Å². The zero-order chi connectivity index (χ0) is 10.4. The van der Waals surface area contributed by atoms with Gasteiger partial charge in [0.05, 0.1) is 10.9 Å². The second-order valence-electron chi connectivity index (χ2n) is 3.93. The number of nitrogens with one attached hydrogen (secondary N) is 1. The van der Waals surface area contributed by atoms with Crippen LogP contribution in [0.3, 0.4) is 0 Å². The van der Waals surface area contributed by atoms with Crippen LogP contribution in [0.4, 0.5) is 5.82 Å². The minimum atomic E-state index is 0.495. The number of hydrogen-bond acceptors (Lipinski definition) is 3. The fraction of sp³-hybridized carbons (Fsp3) is 0.400. The molecule has 1 fully saturated rings. The summed E-state index contributed by atoms with van der Waals surface area (Å²) in [6.07, 6.45) is 3.01. The van der Waals surface area contributed by atoms with Crippen LogP contribution in [-0.2, 0) is 0 Å². The average molecular weight is 223 g/mol. The van der Waals surface area contributed by atoms with Gasteiger partial charge < -0.3 is 4.90 Å². The topological polar surface area (TPSA) is 44.8 Å². The molecule has 1 aliphatic heterocycles. The molecular weight excluding hydrogens is 212 g/mol. The quantitative estimate of drug-likeness (QED) is 0.753. The second kappa shape index (κ2) is 3.10. The first-order valence-electron chi connectivity index (χ1n) is 5.02. The van der Waals surface area contributed by atoms with Crippen LogP contribution in [0.25, 0.3) is 10.9 Å². The van der Waals surface area contributed by atoms with Crippen LogP contribution >= 0.6 is 11.6 Å². The zero-order valence-corrected chi connectivity index (χ0v) is 9.12. The van der Waals surface area contributed by atoms with E-state index in [-0.39, 0.29) is 0 Å². The van der Waals surface area contributed by atoms with Crippen LogP contribution in [0.2, 0.25) is 5.15 Å². The van der Waals surface area contributed by atoms with Gasteiger partial charge >= 0.3 is 0 Å². The van der Waals surface area contributed by atoms with Crippen LogP contribution in [0.15, 0.2) is 12.3 Å². The minimum absolute atomic E-state index is 0.495. The second-order valence-corrected chi connectivity index (χ2v) is 4.32. The molecule has 0 saturated carbocycles. The molecule has 0 aliphatic carbocycles. The van der Waals surface area contributed by atoms with Gasteiger partial charge in [0.15, 0.2) is 5.82 Å². The molecule has 0 aromatic carbocycles. The normalized spacial score (nSPS) is 20.7. The first-order chi connectivity index (χ1) is 7.25. The van der Waals surface area contributed by atoms with Crippen LogP contribution in [0.1, 0.15) is 13.3 Å². The third-order valence-corrected chi connectivity index (χ3v) is 3.19. The average Bonchev–Trinajstić information content (AvgIpc) is 2.59. The van der Waals surface area contributed by atoms with Crippen LogP contribution < -0.4 is 4.90 Å². The number of halogens is 1. The summed E-state index contributed by atoms with van der Waals surface area (Å²) < 4.78 is 0. The summed E-state index contributed by atoms with van der Waals surface area (Å²) in [7, 11) is 0. The first-order valence-corrected chi connectivity index (χ1v) is 5.40. The summed E-state index contributed by atoms with van der Waals surface area (Å²) in [6, 6.07) is 2.38. The highest BCUT2D eigenvalue weighted by atomic mass is 35.5. The third-order valence-electron chi connectivity index (χ3n) is 2.99. The number of fused-ring (bicyclic) bond motifs is 1. The molecule has 0 bridgehead atoms. The van der Waals surface area contributed by atoms with Gasteiger partial charge in [-0.1, -0.05) is 11.6 Å². The largest absolute Gasteiger partial charge is 0.352 e. The van der Waals surface area contributed by atoms with Gasteiger partial charge in [0.25, 0.3) is 0 Å². The number of anilines is 1. The Balaban J connectivity index is 2.12. The van der Waals surface area contributed by atoms with Gasteiger partial charge in [0.1, 0.15) is 5.15 Å². The monoisotopic (exact) mass is 222 g/mol. The molecule has 78 valence electrons. The molecule has 1 saturated heterocycles. The standard InChI is InChI=1S/C10H11ClN4/c1-6-2-3-15(6)10-7-5-12-9(11)4-8(7)13-14-10/h4-6H,2-3H2,1H3,(H,13,14). The highest BCUT2D eigenvalue weighted by molar-refractivity contribution is 6.30. The Labute approximate surface area is 92.2 Å². The van der Waals surface area contributed by atoms with E-state index in [1.165, 1.54) is 6.42 Å². The summed E-state index contributed by atoms with van der Waals surface area (Å²) in [6.45, 7) is 3.27. The van der Waals surface area contributed by atoms with E-state index in [4.69, 9.17) is 11.6 Å². The fourth-order valence-electron chi connectivity index (χ4n) is 1.92. The SMILES string of the molecule is CC1CCN1c1n[nH]c2cc(Cl)ncc12. The maximum atomic E-state index is 5.81. The summed E-state index contributed by atoms with van der Waals surface area (Å²) in [4.78, 5) is 6.36. The molecule has 2 aromatic heterocycles. The van der Waals surface area contributed by atoms with E-state index >= 15 is 0 Å². The molecular formula is C10H11ClN4. The van der Waals surface area contributed by atoms with Crippen molar-refractivity contribution in [3.05, 3.63) is 17.4 Å². The lowest BCUT2D eigenvalue weighted by atomic mass is 10.1. The van der Waals surface area contributed by atoms with Gasteiger partial charge in [-0.15, -0.1) is 0 Å². The lowest BCUT2D eigenvalue weighted by Gasteiger charge is -2.39. The maximum Gasteiger partial charge on any atom is 0.160 e. The first kappa shape index (κ1) is 8.97. The molecule has 15 heavy (non-hydrogen) atoms. The van der Waals surface area contributed by atoms with Crippen molar-refractivity contribution in [1.29, 1.82) is 0 Å². The molecule has 0 radical (unpaired) electrons. The Hall–Kier alpha value is -1.29. The molecule has 2 aromatic rings. The van der Waals surface area contributed by atoms with Gasteiger partial charge in [0, 0.05) is 24.8 Å². The third kappa shape index (κ3) is 1.28. The zero-order valence-electron chi connectivity index (χ0n) is 8.37. The van der Waals surface area contributed by atoms with Crippen molar-refractivity contribution in [3.63, 3.8) is 0 Å². The van der Waals surface area contributed by atoms with Gasteiger partial charge in [-0.3, -0.25) is 5.10 Å². The van der Waals surface area contributed by atoms with Crippen LogP contribution in [-0.4, -0.2) is 27.8 Å². The van der Waals surface area contributed by atoms with E-state index in [0.717, 1.165) is 23.3 Å². The smallest absolute Gasteiger partial charge is 0.160 e. The number of hydrogen-bond donors (Lipinski definition) is 1. The van der Waals surface area contributed by atoms with E-state index in [1.54, 1.807) is 12.3 Å². The van der Waals surface area contributed by atoms with E-state index in [9.17, 15) is 0 Å². The molecule has 1 unspecified atom stereocenters. The molecule has 4 nitrogen and oxygen atoms in total. The van der Waals surface area contributed by atoms with Gasteiger partial charge in [-0.05, 0) is 13.3 Å². The highest BCUT2D eigenvalue weighted by Gasteiger charge is 2.27. The minimum Gasteiger partial charge on any atom is -0.352 e. The maximum absolute atomic E-state index is 5.81. The summed E-state index contributed by atoms with van der Waals surface area (Å²) in [5, 5.41) is 8.84. The lowest BCUT2D eigenvalue weighted by Crippen LogP contribution is -2.46. The predicted molar refractivity (Wildman–Crippen MR) is 60.3 cm³/mol. The molecule has 1 N–H and O–H groups in total. The van der Waals surface area contributed by atoms with Crippen LogP contribution in [0, 0.1) is 0 Å². The number of pyridine rings is 1.